The number of carboxylic acids is 1. The Kier molecular flexibility index (Phi) is 10.1. The minimum atomic E-state index is -1.36. The molecule has 4 aliphatic carbocycles. The minimum absolute atomic E-state index is 0.0292. The average Bonchev–Trinajstić information content (AvgIpc) is 3.26. The maximum Gasteiger partial charge on any atom is 0.317 e. The minimum Gasteiger partial charge on any atom is -0.480 e. The Bertz CT molecular complexity index is 1230. The quantitative estimate of drug-likeness (QED) is 0.212. The molecule has 5 rings (SSSR count). The molecule has 9 nitrogen and oxygen atoms in total. The number of hydrogen-bond acceptors (Lipinski definition) is 8. The van der Waals surface area contributed by atoms with Crippen LogP contribution in [-0.4, -0.2) is 88.1 Å². The number of carbonyl (C=O) groups is 1. The fourth-order valence-corrected chi connectivity index (χ4v) is 10.7. The summed E-state index contributed by atoms with van der Waals surface area (Å²) in [4.78, 5) is 13.6. The van der Waals surface area contributed by atoms with Gasteiger partial charge in [-0.25, -0.2) is 0 Å². The van der Waals surface area contributed by atoms with Gasteiger partial charge in [-0.05, 0) is 97.9 Å². The lowest BCUT2D eigenvalue weighted by molar-refractivity contribution is -0.313. The van der Waals surface area contributed by atoms with Gasteiger partial charge in [0.05, 0.1) is 18.8 Å². The van der Waals surface area contributed by atoms with Crippen LogP contribution in [0, 0.1) is 39.9 Å². The summed E-state index contributed by atoms with van der Waals surface area (Å²) in [5.74, 6) is -0.102. The molecule has 46 heavy (non-hydrogen) atoms. The first-order valence-electron chi connectivity index (χ1n) is 17.4. The van der Waals surface area contributed by atoms with E-state index in [0.717, 1.165) is 36.8 Å². The smallest absolute Gasteiger partial charge is 0.317 e. The van der Waals surface area contributed by atoms with Gasteiger partial charge in [-0.2, -0.15) is 0 Å². The Hall–Kier alpha value is -1.59. The summed E-state index contributed by atoms with van der Waals surface area (Å²) >= 11 is 0. The summed E-state index contributed by atoms with van der Waals surface area (Å²) in [7, 11) is 1.39. The van der Waals surface area contributed by atoms with E-state index in [4.69, 9.17) is 14.2 Å². The zero-order valence-corrected chi connectivity index (χ0v) is 28.7. The summed E-state index contributed by atoms with van der Waals surface area (Å²) in [5.41, 5.74) is 2.01. The van der Waals surface area contributed by atoms with Gasteiger partial charge in [-0.1, -0.05) is 64.5 Å². The second-order valence-electron chi connectivity index (χ2n) is 15.8. The maximum atomic E-state index is 13.6. The number of rotatable bonds is 10. The molecule has 1 aliphatic heterocycles. The molecule has 0 aromatic rings. The number of aliphatic hydroxyl groups excluding tert-OH is 4. The SMILES string of the molecule is C=C(CCC(C)C1CC(O)C2(C(=O)O)C3=C(CCC12C)C1(C)CCC(O[C@H]2O[C@H](CO)[C@@H](OC)[C@H](O)[C@H]2O)C(=C)C1CC3)C(C)C. The lowest BCUT2D eigenvalue weighted by Gasteiger charge is -2.59. The third-order valence-corrected chi connectivity index (χ3v) is 13.5. The Morgan fingerprint density at radius 1 is 1.07 bits per heavy atom. The monoisotopic (exact) mass is 646 g/mol. The van der Waals surface area contributed by atoms with E-state index in [1.165, 1.54) is 18.3 Å². The number of carboxylic acid groups (broad SMARTS) is 1. The molecule has 0 radical (unpaired) electrons. The summed E-state index contributed by atoms with van der Waals surface area (Å²) in [6.45, 7) is 19.2. The van der Waals surface area contributed by atoms with Crippen LogP contribution in [0.4, 0.5) is 0 Å². The van der Waals surface area contributed by atoms with Crippen molar-refractivity contribution in [1.82, 2.24) is 0 Å². The van der Waals surface area contributed by atoms with Gasteiger partial charge < -0.3 is 39.7 Å². The van der Waals surface area contributed by atoms with Crippen LogP contribution in [0.3, 0.4) is 0 Å². The molecule has 260 valence electrons. The molecule has 13 atom stereocenters. The van der Waals surface area contributed by atoms with Crippen LogP contribution in [0.2, 0.25) is 0 Å². The van der Waals surface area contributed by atoms with Gasteiger partial charge in [-0.3, -0.25) is 4.79 Å². The molecule has 0 bridgehead atoms. The fourth-order valence-electron chi connectivity index (χ4n) is 10.7. The second-order valence-corrected chi connectivity index (χ2v) is 15.8. The normalized spacial score (nSPS) is 44.8. The summed E-state index contributed by atoms with van der Waals surface area (Å²) in [5, 5.41) is 54.2. The van der Waals surface area contributed by atoms with Gasteiger partial charge in [0.25, 0.3) is 0 Å². The average molecular weight is 647 g/mol. The first-order chi connectivity index (χ1) is 21.6. The number of allylic oxidation sites excluding steroid dienone is 2. The molecule has 5 N–H and O–H groups in total. The van der Waals surface area contributed by atoms with E-state index in [-0.39, 0.29) is 23.2 Å². The van der Waals surface area contributed by atoms with Crippen LogP contribution >= 0.6 is 0 Å². The van der Waals surface area contributed by atoms with Crippen molar-refractivity contribution in [2.75, 3.05) is 13.7 Å². The number of aliphatic carboxylic acids is 1. The van der Waals surface area contributed by atoms with Crippen molar-refractivity contribution in [1.29, 1.82) is 0 Å². The molecule has 3 fully saturated rings. The van der Waals surface area contributed by atoms with Gasteiger partial charge in [0.1, 0.15) is 29.8 Å². The van der Waals surface area contributed by atoms with Gasteiger partial charge in [0, 0.05) is 7.11 Å². The van der Waals surface area contributed by atoms with E-state index < -0.39 is 66.3 Å². The molecule has 5 aliphatic rings. The van der Waals surface area contributed by atoms with Crippen LogP contribution in [0.5, 0.6) is 0 Å². The van der Waals surface area contributed by atoms with Crippen LogP contribution in [0.25, 0.3) is 0 Å². The Balaban J connectivity index is 1.40. The number of hydrogen-bond donors (Lipinski definition) is 5. The predicted molar refractivity (Wildman–Crippen MR) is 174 cm³/mol. The van der Waals surface area contributed by atoms with E-state index in [0.29, 0.717) is 38.0 Å². The highest BCUT2D eigenvalue weighted by atomic mass is 16.7. The van der Waals surface area contributed by atoms with E-state index >= 15 is 0 Å². The van der Waals surface area contributed by atoms with Crippen molar-refractivity contribution >= 4 is 5.97 Å². The molecular weight excluding hydrogens is 588 g/mol. The predicted octanol–water partition coefficient (Wildman–Crippen LogP) is 4.77. The van der Waals surface area contributed by atoms with Crippen LogP contribution < -0.4 is 0 Å². The molecule has 8 unspecified atom stereocenters. The van der Waals surface area contributed by atoms with Crippen molar-refractivity contribution in [2.45, 2.75) is 135 Å². The highest BCUT2D eigenvalue weighted by Crippen LogP contribution is 2.72. The fraction of sp³-hybridized carbons (Fsp3) is 0.811. The van der Waals surface area contributed by atoms with Gasteiger partial charge in [0.15, 0.2) is 6.29 Å². The van der Waals surface area contributed by atoms with Crippen LogP contribution in [0.1, 0.15) is 92.4 Å². The van der Waals surface area contributed by atoms with Crippen LogP contribution in [0.15, 0.2) is 35.5 Å². The third kappa shape index (κ3) is 5.28. The van der Waals surface area contributed by atoms with Crippen molar-refractivity contribution in [3.05, 3.63) is 35.5 Å². The molecule has 0 aromatic carbocycles. The first kappa shape index (κ1) is 35.7. The van der Waals surface area contributed by atoms with E-state index in [2.05, 4.69) is 47.8 Å². The van der Waals surface area contributed by atoms with Gasteiger partial charge >= 0.3 is 5.97 Å². The molecule has 2 saturated carbocycles. The van der Waals surface area contributed by atoms with E-state index in [1.54, 1.807) is 0 Å². The highest BCUT2D eigenvalue weighted by Gasteiger charge is 2.71. The first-order valence-corrected chi connectivity index (χ1v) is 17.4. The zero-order valence-electron chi connectivity index (χ0n) is 28.7. The lowest BCUT2D eigenvalue weighted by atomic mass is 9.45. The maximum absolute atomic E-state index is 13.6. The number of ether oxygens (including phenoxy) is 3. The van der Waals surface area contributed by atoms with E-state index in [9.17, 15) is 30.3 Å². The molecule has 0 aromatic heterocycles. The lowest BCUT2D eigenvalue weighted by Crippen LogP contribution is -2.61. The molecule has 1 saturated heterocycles. The van der Waals surface area contributed by atoms with Crippen molar-refractivity contribution in [3.63, 3.8) is 0 Å². The van der Waals surface area contributed by atoms with E-state index in [1.807, 2.05) is 0 Å². The highest BCUT2D eigenvalue weighted by molar-refractivity contribution is 5.83. The molecular formula is C37H58O9. The summed E-state index contributed by atoms with van der Waals surface area (Å²) < 4.78 is 17.4. The summed E-state index contributed by atoms with van der Waals surface area (Å²) in [6.07, 6.45) is -0.457. The number of fused-ring (bicyclic) bond motifs is 4. The third-order valence-electron chi connectivity index (χ3n) is 13.5. The Morgan fingerprint density at radius 3 is 2.37 bits per heavy atom. The molecule has 0 amide bonds. The standard InChI is InChI=1S/C37H58O9/c1-19(2)20(3)9-10-21(4)26-17-29(39)37(34(42)43)25-12-11-23-22(5)27(14-15-35(23,6)24(25)13-16-36(26,37)7)45-33-31(41)30(40)32(44-8)28(18-38)46-33/h19,21,23,26-33,38-41H,3,5,9-18H2,1-2,4,6-8H3,(H,42,43)/t21?,23?,26?,27?,28-,29?,30-,31-,32-,33+,35?,36?,37?/m1/s1. The zero-order chi connectivity index (χ0) is 33.9. The van der Waals surface area contributed by atoms with Gasteiger partial charge in [-0.15, -0.1) is 0 Å². The van der Waals surface area contributed by atoms with Gasteiger partial charge in [0.2, 0.25) is 0 Å². The molecule has 0 spiro atoms. The second kappa shape index (κ2) is 13.0. The molecule has 9 heteroatoms. The van der Waals surface area contributed by atoms with Crippen LogP contribution in [-0.2, 0) is 19.0 Å². The number of methoxy groups -OCH3 is 1. The Labute approximate surface area is 274 Å². The summed E-state index contributed by atoms with van der Waals surface area (Å²) in [6, 6.07) is 0. The van der Waals surface area contributed by atoms with Crippen molar-refractivity contribution in [3.8, 4) is 0 Å². The Morgan fingerprint density at radius 2 is 1.76 bits per heavy atom. The largest absolute Gasteiger partial charge is 0.480 e. The topological polar surface area (TPSA) is 146 Å². The number of aliphatic hydroxyl groups is 4. The van der Waals surface area contributed by atoms with Crippen molar-refractivity contribution in [2.24, 2.45) is 39.9 Å². The van der Waals surface area contributed by atoms with Crippen molar-refractivity contribution < 1.29 is 44.5 Å². The molecule has 1 heterocycles.